The molecule has 0 radical (unpaired) electrons. The quantitative estimate of drug-likeness (QED) is 0.730. The lowest BCUT2D eigenvalue weighted by atomic mass is 9.85. The minimum absolute atomic E-state index is 0.128. The second-order valence-electron chi connectivity index (χ2n) is 8.23. The van der Waals surface area contributed by atoms with E-state index in [0.29, 0.717) is 35.7 Å². The number of fused-ring (bicyclic) bond motifs is 1. The van der Waals surface area contributed by atoms with Crippen LogP contribution in [0.15, 0.2) is 30.5 Å². The van der Waals surface area contributed by atoms with Gasteiger partial charge in [-0.2, -0.15) is 5.10 Å². The monoisotopic (exact) mass is 395 g/mol. The largest absolute Gasteiger partial charge is 0.462 e. The molecule has 1 aliphatic carbocycles. The van der Waals surface area contributed by atoms with Crippen LogP contribution < -0.4 is 0 Å². The normalized spacial score (nSPS) is 23.7. The van der Waals surface area contributed by atoms with Gasteiger partial charge in [0.2, 0.25) is 0 Å². The van der Waals surface area contributed by atoms with E-state index in [1.54, 1.807) is 11.6 Å². The lowest BCUT2D eigenvalue weighted by Gasteiger charge is -2.33. The fourth-order valence-electron chi connectivity index (χ4n) is 5.03. The van der Waals surface area contributed by atoms with E-state index in [1.807, 2.05) is 31.2 Å². The summed E-state index contributed by atoms with van der Waals surface area (Å²) in [5.74, 6) is 0.422. The van der Waals surface area contributed by atoms with Crippen molar-refractivity contribution < 1.29 is 14.3 Å². The number of ether oxygens (including phenoxy) is 1. The predicted molar refractivity (Wildman–Crippen MR) is 110 cm³/mol. The Morgan fingerprint density at radius 3 is 2.62 bits per heavy atom. The van der Waals surface area contributed by atoms with Crippen molar-refractivity contribution >= 4 is 11.9 Å². The first-order chi connectivity index (χ1) is 14.0. The highest BCUT2D eigenvalue weighted by Crippen LogP contribution is 2.40. The molecule has 2 aliphatic rings. The summed E-state index contributed by atoms with van der Waals surface area (Å²) in [7, 11) is 0. The molecule has 0 spiro atoms. The number of carbonyl (C=O) groups is 2. The summed E-state index contributed by atoms with van der Waals surface area (Å²) < 4.78 is 6.78. The topological polar surface area (TPSA) is 64.4 Å². The van der Waals surface area contributed by atoms with E-state index >= 15 is 0 Å². The average Bonchev–Trinajstić information content (AvgIpc) is 3.27. The van der Waals surface area contributed by atoms with Crippen molar-refractivity contribution in [1.82, 2.24) is 14.7 Å². The molecule has 0 N–H and O–H groups in total. The Bertz CT molecular complexity index is 903. The SMILES string of the molecule is CCOC(=O)c1cnn(-c2ccc(C(=O)N3C(C)CC4CCCCC43)cc2)c1C. The number of aromatic nitrogens is 2. The van der Waals surface area contributed by atoms with Crippen LogP contribution in [0, 0.1) is 12.8 Å². The van der Waals surface area contributed by atoms with E-state index in [2.05, 4.69) is 16.9 Å². The molecular formula is C23H29N3O3. The van der Waals surface area contributed by atoms with Crippen molar-refractivity contribution in [3.63, 3.8) is 0 Å². The molecule has 6 heteroatoms. The zero-order valence-electron chi connectivity index (χ0n) is 17.4. The number of amides is 1. The molecule has 3 atom stereocenters. The first kappa shape index (κ1) is 19.7. The van der Waals surface area contributed by atoms with Gasteiger partial charge in [0.1, 0.15) is 5.56 Å². The molecule has 2 heterocycles. The second kappa shape index (κ2) is 8.01. The summed E-state index contributed by atoms with van der Waals surface area (Å²) in [4.78, 5) is 27.4. The Morgan fingerprint density at radius 1 is 1.17 bits per heavy atom. The lowest BCUT2D eigenvalue weighted by molar-refractivity contribution is 0.0525. The first-order valence-corrected chi connectivity index (χ1v) is 10.7. The fraction of sp³-hybridized carbons (Fsp3) is 0.522. The van der Waals surface area contributed by atoms with Crippen molar-refractivity contribution in [2.24, 2.45) is 5.92 Å². The van der Waals surface area contributed by atoms with Crippen molar-refractivity contribution in [1.29, 1.82) is 0 Å². The molecule has 1 saturated heterocycles. The fourth-order valence-corrected chi connectivity index (χ4v) is 5.03. The number of hydrogen-bond donors (Lipinski definition) is 0. The van der Waals surface area contributed by atoms with Crippen molar-refractivity contribution in [3.05, 3.63) is 47.3 Å². The molecule has 4 rings (SSSR count). The predicted octanol–water partition coefficient (Wildman–Crippen LogP) is 4.15. The van der Waals surface area contributed by atoms with E-state index in [4.69, 9.17) is 4.74 Å². The summed E-state index contributed by atoms with van der Waals surface area (Å²) >= 11 is 0. The van der Waals surface area contributed by atoms with Crippen LogP contribution in [0.25, 0.3) is 5.69 Å². The number of rotatable bonds is 4. The van der Waals surface area contributed by atoms with Crippen LogP contribution in [-0.2, 0) is 4.74 Å². The Morgan fingerprint density at radius 2 is 1.90 bits per heavy atom. The van der Waals surface area contributed by atoms with Crippen LogP contribution in [0.2, 0.25) is 0 Å². The molecule has 1 aromatic carbocycles. The van der Waals surface area contributed by atoms with Gasteiger partial charge in [-0.1, -0.05) is 12.8 Å². The molecule has 2 fully saturated rings. The first-order valence-electron chi connectivity index (χ1n) is 10.7. The minimum atomic E-state index is -0.367. The Balaban J connectivity index is 1.54. The van der Waals surface area contributed by atoms with Crippen LogP contribution in [0.5, 0.6) is 0 Å². The molecular weight excluding hydrogens is 366 g/mol. The van der Waals surface area contributed by atoms with Crippen LogP contribution in [0.4, 0.5) is 0 Å². The third kappa shape index (κ3) is 3.56. The highest BCUT2D eigenvalue weighted by Gasteiger charge is 2.42. The third-order valence-electron chi connectivity index (χ3n) is 6.44. The van der Waals surface area contributed by atoms with Crippen LogP contribution in [0.3, 0.4) is 0 Å². The number of esters is 1. The summed E-state index contributed by atoms with van der Waals surface area (Å²) in [6.07, 6.45) is 7.54. The standard InChI is InChI=1S/C23H29N3O3/c1-4-29-23(28)20-14-24-26(16(20)3)19-11-9-17(10-12-19)22(27)25-15(2)13-18-7-5-6-8-21(18)25/h9-12,14-15,18,21H,4-8,13H2,1-3H3. The number of likely N-dealkylation sites (tertiary alicyclic amines) is 1. The number of nitrogens with zero attached hydrogens (tertiary/aromatic N) is 3. The molecule has 3 unspecified atom stereocenters. The van der Waals surface area contributed by atoms with Gasteiger partial charge < -0.3 is 9.64 Å². The van der Waals surface area contributed by atoms with Crippen molar-refractivity contribution in [3.8, 4) is 5.69 Å². The Hall–Kier alpha value is -2.63. The maximum absolute atomic E-state index is 13.2. The molecule has 154 valence electrons. The molecule has 0 bridgehead atoms. The van der Waals surface area contributed by atoms with Gasteiger partial charge in [0.15, 0.2) is 0 Å². The molecule has 29 heavy (non-hydrogen) atoms. The van der Waals surface area contributed by atoms with Gasteiger partial charge in [0, 0.05) is 17.6 Å². The van der Waals surface area contributed by atoms with Gasteiger partial charge in [0.05, 0.1) is 24.2 Å². The second-order valence-corrected chi connectivity index (χ2v) is 8.23. The minimum Gasteiger partial charge on any atom is -0.462 e. The van der Waals surface area contributed by atoms with Gasteiger partial charge in [0.25, 0.3) is 5.91 Å². The van der Waals surface area contributed by atoms with E-state index < -0.39 is 0 Å². The van der Waals surface area contributed by atoms with Gasteiger partial charge in [-0.3, -0.25) is 4.79 Å². The number of benzene rings is 1. The van der Waals surface area contributed by atoms with Crippen LogP contribution in [0.1, 0.15) is 72.4 Å². The van der Waals surface area contributed by atoms with E-state index in [9.17, 15) is 9.59 Å². The molecule has 1 saturated carbocycles. The summed E-state index contributed by atoms with van der Waals surface area (Å²) in [5.41, 5.74) is 2.71. The number of carbonyl (C=O) groups excluding carboxylic acids is 2. The maximum atomic E-state index is 13.2. The van der Waals surface area contributed by atoms with E-state index in [0.717, 1.165) is 24.2 Å². The summed E-state index contributed by atoms with van der Waals surface area (Å²) in [6, 6.07) is 8.21. The zero-order valence-corrected chi connectivity index (χ0v) is 17.4. The summed E-state index contributed by atoms with van der Waals surface area (Å²) in [5, 5.41) is 4.33. The lowest BCUT2D eigenvalue weighted by Crippen LogP contribution is -2.42. The highest BCUT2D eigenvalue weighted by molar-refractivity contribution is 5.95. The maximum Gasteiger partial charge on any atom is 0.341 e. The van der Waals surface area contributed by atoms with Gasteiger partial charge in [-0.05, 0) is 70.2 Å². The van der Waals surface area contributed by atoms with Gasteiger partial charge >= 0.3 is 5.97 Å². The van der Waals surface area contributed by atoms with Gasteiger partial charge in [-0.25, -0.2) is 9.48 Å². The average molecular weight is 396 g/mol. The molecule has 1 aromatic heterocycles. The third-order valence-corrected chi connectivity index (χ3v) is 6.44. The van der Waals surface area contributed by atoms with Crippen molar-refractivity contribution in [2.45, 2.75) is 65.0 Å². The molecule has 1 amide bonds. The molecule has 6 nitrogen and oxygen atoms in total. The van der Waals surface area contributed by atoms with Crippen molar-refractivity contribution in [2.75, 3.05) is 6.61 Å². The molecule has 2 aromatic rings. The van der Waals surface area contributed by atoms with E-state index in [-0.39, 0.29) is 11.9 Å². The smallest absolute Gasteiger partial charge is 0.341 e. The Labute approximate surface area is 171 Å². The van der Waals surface area contributed by atoms with Crippen LogP contribution >= 0.6 is 0 Å². The Kier molecular flexibility index (Phi) is 5.43. The van der Waals surface area contributed by atoms with Gasteiger partial charge in [-0.15, -0.1) is 0 Å². The van der Waals surface area contributed by atoms with Crippen LogP contribution in [-0.4, -0.2) is 45.2 Å². The summed E-state index contributed by atoms with van der Waals surface area (Å²) in [6.45, 7) is 6.13. The zero-order chi connectivity index (χ0) is 20.5. The highest BCUT2D eigenvalue weighted by atomic mass is 16.5. The number of hydrogen-bond acceptors (Lipinski definition) is 4. The van der Waals surface area contributed by atoms with E-state index in [1.165, 1.54) is 25.5 Å². The molecule has 1 aliphatic heterocycles.